The summed E-state index contributed by atoms with van der Waals surface area (Å²) in [6.07, 6.45) is 5.17. The Labute approximate surface area is 584 Å². The minimum absolute atomic E-state index is 0.0161. The van der Waals surface area contributed by atoms with Crippen LogP contribution in [0.3, 0.4) is 0 Å². The number of thioether (sulfide) groups is 1. The van der Waals surface area contributed by atoms with Crippen LogP contribution in [0.4, 0.5) is 30.2 Å². The number of fused-ring (bicyclic) bond motifs is 1. The molecule has 99 heavy (non-hydrogen) atoms. The first-order chi connectivity index (χ1) is 47.5. The van der Waals surface area contributed by atoms with Crippen molar-refractivity contribution in [3.8, 4) is 0 Å². The van der Waals surface area contributed by atoms with Gasteiger partial charge in [0.25, 0.3) is 27.6 Å². The Hall–Kier alpha value is -8.03. The molecule has 3 fully saturated rings. The van der Waals surface area contributed by atoms with E-state index in [0.717, 1.165) is 73.5 Å². The first-order valence-electron chi connectivity index (χ1n) is 32.8. The standard InChI is InChI=1S/C69H78ClF3N12O11S3/c1-68(2)25-23-55(46-11-15-49(70)16-12-46)48(40-68)41-81-30-32-82(33-31-81)52-17-13-47(14-18-52)64(88)78-98(92)54-19-20-57(60(39-54)99(93,94)69(71,72)73)75-50(45-97-53-7-4-3-5-8-53)24-27-80-28-34-83(35-29-80)62(87)43-84-42-51(77-79-84)44-96-38-37-95-36-26-74-58-10-6-9-56-63(58)67(91)85(66(56)90)59-21-22-61(86)76-65(59)89/h3-20,39,42,50,59,74-75H,21-38,40-41,43-45H2,1-2H3,(H,78,88)(H,76,86,89)/t50-,59?,98?/m1/s1. The molecule has 0 radical (unpaired) electrons. The van der Waals surface area contributed by atoms with Gasteiger partial charge in [0.2, 0.25) is 17.7 Å². The molecule has 0 saturated carbocycles. The lowest BCUT2D eigenvalue weighted by molar-refractivity contribution is -0.136. The van der Waals surface area contributed by atoms with Crippen molar-refractivity contribution in [2.24, 2.45) is 5.41 Å². The molecule has 526 valence electrons. The van der Waals surface area contributed by atoms with Crippen LogP contribution in [0.25, 0.3) is 5.57 Å². The van der Waals surface area contributed by atoms with Crippen LogP contribution in [-0.4, -0.2) is 198 Å². The van der Waals surface area contributed by atoms with Crippen molar-refractivity contribution in [2.75, 3.05) is 113 Å². The van der Waals surface area contributed by atoms with Crippen molar-refractivity contribution in [2.45, 2.75) is 97.8 Å². The van der Waals surface area contributed by atoms with Crippen molar-refractivity contribution in [3.05, 3.63) is 160 Å². The van der Waals surface area contributed by atoms with E-state index in [2.05, 4.69) is 71.7 Å². The summed E-state index contributed by atoms with van der Waals surface area (Å²) >= 11 is 7.66. The van der Waals surface area contributed by atoms with Gasteiger partial charge in [0, 0.05) is 117 Å². The fourth-order valence-corrected chi connectivity index (χ4v) is 15.8. The lowest BCUT2D eigenvalue weighted by Crippen LogP contribution is -2.54. The summed E-state index contributed by atoms with van der Waals surface area (Å²) < 4.78 is 99.3. The Morgan fingerprint density at radius 1 is 0.828 bits per heavy atom. The van der Waals surface area contributed by atoms with E-state index >= 15 is 0 Å². The Morgan fingerprint density at radius 2 is 1.56 bits per heavy atom. The third kappa shape index (κ3) is 18.1. The minimum Gasteiger partial charge on any atom is -0.382 e. The largest absolute Gasteiger partial charge is 0.501 e. The number of carbonyl (C=O) groups excluding carboxylic acids is 6. The number of ether oxygens (including phenoxy) is 2. The molecule has 3 saturated heterocycles. The van der Waals surface area contributed by atoms with E-state index in [0.29, 0.717) is 67.4 Å². The normalized spacial score (nSPS) is 18.5. The number of allylic oxidation sites excluding steroid dienone is 1. The van der Waals surface area contributed by atoms with Gasteiger partial charge in [-0.3, -0.25) is 53.5 Å². The molecule has 11 rings (SSSR count). The van der Waals surface area contributed by atoms with Gasteiger partial charge in [0.1, 0.15) is 23.2 Å². The van der Waals surface area contributed by atoms with Gasteiger partial charge in [-0.25, -0.2) is 17.3 Å². The highest BCUT2D eigenvalue weighted by Crippen LogP contribution is 2.43. The summed E-state index contributed by atoms with van der Waals surface area (Å²) in [7, 11) is -8.50. The van der Waals surface area contributed by atoms with E-state index in [9.17, 15) is 54.6 Å². The molecule has 23 nitrogen and oxygen atoms in total. The number of alkyl halides is 3. The van der Waals surface area contributed by atoms with Crippen LogP contribution in [0.15, 0.2) is 142 Å². The summed E-state index contributed by atoms with van der Waals surface area (Å²) in [4.78, 5) is 86.5. The molecule has 4 N–H and O–H groups in total. The maximum absolute atomic E-state index is 14.5. The number of aromatic nitrogens is 3. The number of carbonyl (C=O) groups is 6. The first kappa shape index (κ1) is 72.2. The molecule has 30 heteroatoms. The molecule has 2 unspecified atom stereocenters. The Balaban J connectivity index is 0.629. The number of piperazine rings is 2. The summed E-state index contributed by atoms with van der Waals surface area (Å²) in [6, 6.07) is 30.4. The van der Waals surface area contributed by atoms with Gasteiger partial charge in [0.15, 0.2) is 11.0 Å². The number of rotatable bonds is 28. The van der Waals surface area contributed by atoms with Crippen LogP contribution in [0.2, 0.25) is 5.02 Å². The van der Waals surface area contributed by atoms with Crippen LogP contribution < -0.4 is 25.6 Å². The van der Waals surface area contributed by atoms with Gasteiger partial charge in [-0.1, -0.05) is 72.6 Å². The highest BCUT2D eigenvalue weighted by atomic mass is 35.5. The van der Waals surface area contributed by atoms with E-state index in [1.54, 1.807) is 47.5 Å². The van der Waals surface area contributed by atoms with Gasteiger partial charge in [0.05, 0.1) is 54.3 Å². The Bertz CT molecular complexity index is 4110. The lowest BCUT2D eigenvalue weighted by atomic mass is 9.73. The van der Waals surface area contributed by atoms with Crippen LogP contribution in [0.1, 0.15) is 94.7 Å². The van der Waals surface area contributed by atoms with Crippen LogP contribution in [0.5, 0.6) is 0 Å². The zero-order valence-corrected chi connectivity index (χ0v) is 58.0. The monoisotopic (exact) mass is 1440 g/mol. The van der Waals surface area contributed by atoms with Gasteiger partial charge in [-0.2, -0.15) is 13.2 Å². The molecular weight excluding hydrogens is 1360 g/mol. The Morgan fingerprint density at radius 3 is 2.28 bits per heavy atom. The predicted octanol–water partition coefficient (Wildman–Crippen LogP) is 8.32. The molecule has 5 heterocycles. The number of piperidine rings is 1. The zero-order valence-electron chi connectivity index (χ0n) is 54.8. The van der Waals surface area contributed by atoms with Gasteiger partial charge in [-0.05, 0) is 128 Å². The number of halogens is 4. The average Bonchev–Trinajstić information content (AvgIpc) is 1.68. The molecule has 0 bridgehead atoms. The zero-order chi connectivity index (χ0) is 70.0. The molecule has 3 atom stereocenters. The summed E-state index contributed by atoms with van der Waals surface area (Å²) in [6.45, 7) is 11.8. The topological polar surface area (TPSA) is 267 Å². The number of nitrogens with one attached hydrogen (secondary N) is 4. The SMILES string of the molecule is CC1(C)CCC(c2ccc(Cl)cc2)=C(CN2CCN(c3ccc(C(=O)NS(=O)c4ccc(N[C@H](CCN5CCN(C(=O)Cn6cc(COCCOCCNc7cccc8c7C(=O)N(C7CCC(=O)NC7=O)C8=O)nn6)CC5)CSc5ccccc5)c(S(=O)(=O)C(F)(F)F)c4)cc3)CC2)C1. The van der Waals surface area contributed by atoms with E-state index in [1.165, 1.54) is 45.3 Å². The number of benzene rings is 5. The number of anilines is 3. The second kappa shape index (κ2) is 32.1. The molecule has 1 aromatic heterocycles. The van der Waals surface area contributed by atoms with Crippen LogP contribution >= 0.6 is 23.4 Å². The van der Waals surface area contributed by atoms with Crippen molar-refractivity contribution in [1.82, 2.24) is 44.6 Å². The average molecular weight is 1440 g/mol. The summed E-state index contributed by atoms with van der Waals surface area (Å²) in [5.74, 6) is -3.01. The molecule has 6 amide bonds. The molecule has 1 aliphatic carbocycles. The maximum atomic E-state index is 14.5. The number of hydrogen-bond donors (Lipinski definition) is 4. The summed E-state index contributed by atoms with van der Waals surface area (Å²) in [5, 5.41) is 17.3. The van der Waals surface area contributed by atoms with Crippen LogP contribution in [-0.2, 0) is 57.8 Å². The second-order valence-corrected chi connectivity index (χ2v) is 30.4. The minimum atomic E-state index is -6.03. The molecule has 4 aliphatic heterocycles. The lowest BCUT2D eigenvalue weighted by Gasteiger charge is -2.39. The highest BCUT2D eigenvalue weighted by molar-refractivity contribution is 7.99. The van der Waals surface area contributed by atoms with Crippen molar-refractivity contribution in [1.29, 1.82) is 0 Å². The molecular formula is C69H78ClF3N12O11S3. The fraction of sp³-hybridized carbons (Fsp3) is 0.420. The van der Waals surface area contributed by atoms with E-state index < -0.39 is 72.8 Å². The fourth-order valence-electron chi connectivity index (χ4n) is 12.8. The Kier molecular flexibility index (Phi) is 23.4. The molecule has 5 aromatic carbocycles. The number of amides is 6. The maximum Gasteiger partial charge on any atom is 0.501 e. The van der Waals surface area contributed by atoms with E-state index in [4.69, 9.17) is 21.1 Å². The smallest absolute Gasteiger partial charge is 0.382 e. The van der Waals surface area contributed by atoms with E-state index in [1.807, 2.05) is 42.5 Å². The highest BCUT2D eigenvalue weighted by Gasteiger charge is 2.49. The quantitative estimate of drug-likeness (QED) is 0.0204. The first-order valence-corrected chi connectivity index (χ1v) is 36.8. The van der Waals surface area contributed by atoms with E-state index in [-0.39, 0.29) is 91.0 Å². The summed E-state index contributed by atoms with van der Waals surface area (Å²) in [5.41, 5.74) is 0.441. The van der Waals surface area contributed by atoms with Gasteiger partial charge in [-0.15, -0.1) is 16.9 Å². The van der Waals surface area contributed by atoms with Gasteiger partial charge >= 0.3 is 5.51 Å². The van der Waals surface area contributed by atoms with Crippen LogP contribution in [0, 0.1) is 5.41 Å². The third-order valence-electron chi connectivity index (χ3n) is 18.2. The van der Waals surface area contributed by atoms with Crippen molar-refractivity contribution in [3.63, 3.8) is 0 Å². The van der Waals surface area contributed by atoms with Crippen molar-refractivity contribution < 1.29 is 64.0 Å². The number of hydrogen-bond acceptors (Lipinski definition) is 19. The number of sulfone groups is 1. The third-order valence-corrected chi connectivity index (χ3v) is 22.2. The molecule has 6 aromatic rings. The van der Waals surface area contributed by atoms with Crippen molar-refractivity contribution >= 4 is 102 Å². The predicted molar refractivity (Wildman–Crippen MR) is 369 cm³/mol. The molecule has 5 aliphatic rings. The second-order valence-electron chi connectivity index (χ2n) is 25.7. The number of nitrogens with zero attached hydrogens (tertiary/aromatic N) is 8. The van der Waals surface area contributed by atoms with Gasteiger partial charge < -0.3 is 29.9 Å². The number of imide groups is 2. The molecule has 0 spiro atoms.